The second-order valence-corrected chi connectivity index (χ2v) is 3.78. The highest BCUT2D eigenvalue weighted by Gasteiger charge is 2.04. The van der Waals surface area contributed by atoms with Gasteiger partial charge in [-0.2, -0.15) is 0 Å². The SMILES string of the molecule is CCOC(C)OCC(C)C/C=C/I. The van der Waals surface area contributed by atoms with E-state index in [4.69, 9.17) is 9.47 Å². The molecule has 0 bridgehead atoms. The van der Waals surface area contributed by atoms with Gasteiger partial charge in [-0.1, -0.05) is 35.6 Å². The van der Waals surface area contributed by atoms with Crippen molar-refractivity contribution in [1.29, 1.82) is 0 Å². The molecule has 13 heavy (non-hydrogen) atoms. The number of halogens is 1. The van der Waals surface area contributed by atoms with Crippen molar-refractivity contribution in [3.63, 3.8) is 0 Å². The van der Waals surface area contributed by atoms with Gasteiger partial charge in [-0.25, -0.2) is 0 Å². The van der Waals surface area contributed by atoms with E-state index in [-0.39, 0.29) is 6.29 Å². The predicted octanol–water partition coefficient (Wildman–Crippen LogP) is 3.36. The van der Waals surface area contributed by atoms with Gasteiger partial charge in [0, 0.05) is 6.61 Å². The van der Waals surface area contributed by atoms with Crippen molar-refractivity contribution in [1.82, 2.24) is 0 Å². The Morgan fingerprint density at radius 3 is 2.54 bits per heavy atom. The van der Waals surface area contributed by atoms with E-state index in [1.165, 1.54) is 0 Å². The van der Waals surface area contributed by atoms with Crippen molar-refractivity contribution in [2.75, 3.05) is 13.2 Å². The van der Waals surface area contributed by atoms with E-state index in [2.05, 4.69) is 35.6 Å². The van der Waals surface area contributed by atoms with Crippen molar-refractivity contribution in [2.45, 2.75) is 33.5 Å². The molecule has 0 aromatic heterocycles. The number of rotatable bonds is 7. The van der Waals surface area contributed by atoms with Crippen LogP contribution in [0.15, 0.2) is 10.2 Å². The van der Waals surface area contributed by atoms with Gasteiger partial charge in [0.2, 0.25) is 0 Å². The van der Waals surface area contributed by atoms with Crippen LogP contribution in [0.3, 0.4) is 0 Å². The zero-order chi connectivity index (χ0) is 10.1. The van der Waals surface area contributed by atoms with Crippen LogP contribution in [0, 0.1) is 5.92 Å². The minimum atomic E-state index is -0.0731. The Labute approximate surface area is 94.8 Å². The molecule has 0 saturated carbocycles. The minimum absolute atomic E-state index is 0.0731. The first-order valence-electron chi connectivity index (χ1n) is 4.69. The summed E-state index contributed by atoms with van der Waals surface area (Å²) in [4.78, 5) is 0. The maximum Gasteiger partial charge on any atom is 0.154 e. The average molecular weight is 298 g/mol. The molecule has 0 saturated heterocycles. The highest BCUT2D eigenvalue weighted by Crippen LogP contribution is 2.06. The lowest BCUT2D eigenvalue weighted by atomic mass is 10.1. The van der Waals surface area contributed by atoms with E-state index < -0.39 is 0 Å². The van der Waals surface area contributed by atoms with E-state index in [0.717, 1.165) is 13.0 Å². The molecule has 2 unspecified atom stereocenters. The first kappa shape index (κ1) is 13.4. The third-order valence-corrected chi connectivity index (χ3v) is 2.15. The van der Waals surface area contributed by atoms with Gasteiger partial charge in [-0.05, 0) is 30.3 Å². The number of allylic oxidation sites excluding steroid dienone is 1. The number of hydrogen-bond acceptors (Lipinski definition) is 2. The summed E-state index contributed by atoms with van der Waals surface area (Å²) in [6.07, 6.45) is 3.15. The van der Waals surface area contributed by atoms with Crippen LogP contribution in [-0.2, 0) is 9.47 Å². The van der Waals surface area contributed by atoms with Crippen molar-refractivity contribution >= 4 is 22.6 Å². The average Bonchev–Trinajstić information content (AvgIpc) is 2.12. The standard InChI is InChI=1S/C10H19IO2/c1-4-12-10(3)13-8-9(2)6-5-7-11/h5,7,9-10H,4,6,8H2,1-3H3/b7-5+. The molecule has 0 fully saturated rings. The Kier molecular flexibility index (Phi) is 9.23. The van der Waals surface area contributed by atoms with E-state index in [1.54, 1.807) is 0 Å². The zero-order valence-electron chi connectivity index (χ0n) is 8.63. The topological polar surface area (TPSA) is 18.5 Å². The number of ether oxygens (including phenoxy) is 2. The molecule has 3 heteroatoms. The van der Waals surface area contributed by atoms with Crippen LogP contribution < -0.4 is 0 Å². The van der Waals surface area contributed by atoms with Gasteiger partial charge in [0.1, 0.15) is 0 Å². The van der Waals surface area contributed by atoms with Gasteiger partial charge in [-0.3, -0.25) is 0 Å². The van der Waals surface area contributed by atoms with E-state index >= 15 is 0 Å². The van der Waals surface area contributed by atoms with Gasteiger partial charge < -0.3 is 9.47 Å². The lowest BCUT2D eigenvalue weighted by Crippen LogP contribution is -2.16. The van der Waals surface area contributed by atoms with Gasteiger partial charge in [0.05, 0.1) is 6.61 Å². The summed E-state index contributed by atoms with van der Waals surface area (Å²) in [6.45, 7) is 7.56. The molecule has 0 heterocycles. The van der Waals surface area contributed by atoms with Gasteiger partial charge >= 0.3 is 0 Å². The molecule has 0 aliphatic carbocycles. The molecule has 0 amide bonds. The van der Waals surface area contributed by atoms with Crippen LogP contribution in [0.1, 0.15) is 27.2 Å². The Hall–Kier alpha value is 0.390. The Bertz CT molecular complexity index is 137. The first-order chi connectivity index (χ1) is 6.20. The third-order valence-electron chi connectivity index (χ3n) is 1.64. The summed E-state index contributed by atoms with van der Waals surface area (Å²) < 4.78 is 12.8. The normalized spacial score (nSPS) is 16.3. The maximum atomic E-state index is 5.48. The van der Waals surface area contributed by atoms with Crippen molar-refractivity contribution in [2.24, 2.45) is 5.92 Å². The van der Waals surface area contributed by atoms with E-state index in [9.17, 15) is 0 Å². The molecule has 0 aromatic rings. The van der Waals surface area contributed by atoms with Gasteiger partial charge in [0.25, 0.3) is 0 Å². The second-order valence-electron chi connectivity index (χ2n) is 3.06. The fourth-order valence-electron chi connectivity index (χ4n) is 0.934. The van der Waals surface area contributed by atoms with Crippen LogP contribution in [0.5, 0.6) is 0 Å². The summed E-state index contributed by atoms with van der Waals surface area (Å²) >= 11 is 2.23. The van der Waals surface area contributed by atoms with Crippen LogP contribution in [0.2, 0.25) is 0 Å². The molecule has 0 N–H and O–H groups in total. The number of hydrogen-bond donors (Lipinski definition) is 0. The predicted molar refractivity (Wildman–Crippen MR) is 64.0 cm³/mol. The summed E-state index contributed by atoms with van der Waals surface area (Å²) in [5.41, 5.74) is 0. The molecule has 0 rings (SSSR count). The van der Waals surface area contributed by atoms with Crippen LogP contribution >= 0.6 is 22.6 Å². The lowest BCUT2D eigenvalue weighted by Gasteiger charge is -2.15. The van der Waals surface area contributed by atoms with Crippen molar-refractivity contribution in [3.05, 3.63) is 10.2 Å². The summed E-state index contributed by atoms with van der Waals surface area (Å²) in [5, 5.41) is 0. The smallest absolute Gasteiger partial charge is 0.154 e. The fourth-order valence-corrected chi connectivity index (χ4v) is 1.23. The quantitative estimate of drug-likeness (QED) is 0.530. The van der Waals surface area contributed by atoms with E-state index in [0.29, 0.717) is 12.5 Å². The monoisotopic (exact) mass is 298 g/mol. The largest absolute Gasteiger partial charge is 0.353 e. The molecule has 2 atom stereocenters. The molecule has 0 aliphatic heterocycles. The van der Waals surface area contributed by atoms with Gasteiger partial charge in [0.15, 0.2) is 6.29 Å². The molecule has 2 nitrogen and oxygen atoms in total. The molecule has 0 radical (unpaired) electrons. The minimum Gasteiger partial charge on any atom is -0.353 e. The van der Waals surface area contributed by atoms with Crippen LogP contribution in [-0.4, -0.2) is 19.5 Å². The molecule has 0 aliphatic rings. The maximum absolute atomic E-state index is 5.48. The van der Waals surface area contributed by atoms with Crippen molar-refractivity contribution < 1.29 is 9.47 Å². The molecular formula is C10H19IO2. The molecule has 0 spiro atoms. The Balaban J connectivity index is 3.39. The molecule has 78 valence electrons. The molecule has 0 aromatic carbocycles. The zero-order valence-corrected chi connectivity index (χ0v) is 10.8. The summed E-state index contributed by atoms with van der Waals surface area (Å²) in [5.74, 6) is 0.564. The highest BCUT2D eigenvalue weighted by atomic mass is 127. The Morgan fingerprint density at radius 1 is 1.31 bits per heavy atom. The highest BCUT2D eigenvalue weighted by molar-refractivity contribution is 14.1. The second kappa shape index (κ2) is 8.97. The first-order valence-corrected chi connectivity index (χ1v) is 5.93. The summed E-state index contributed by atoms with van der Waals surface area (Å²) in [7, 11) is 0. The Morgan fingerprint density at radius 2 is 2.00 bits per heavy atom. The van der Waals surface area contributed by atoms with Crippen LogP contribution in [0.25, 0.3) is 0 Å². The molecular weight excluding hydrogens is 279 g/mol. The lowest BCUT2D eigenvalue weighted by molar-refractivity contribution is -0.133. The third kappa shape index (κ3) is 8.71. The van der Waals surface area contributed by atoms with E-state index in [1.807, 2.05) is 17.9 Å². The van der Waals surface area contributed by atoms with Gasteiger partial charge in [-0.15, -0.1) is 0 Å². The summed E-state index contributed by atoms with van der Waals surface area (Å²) in [6, 6.07) is 0. The fraction of sp³-hybridized carbons (Fsp3) is 0.800. The van der Waals surface area contributed by atoms with Crippen molar-refractivity contribution in [3.8, 4) is 0 Å². The van der Waals surface area contributed by atoms with Crippen LogP contribution in [0.4, 0.5) is 0 Å².